The van der Waals surface area contributed by atoms with Gasteiger partial charge in [0, 0.05) is 0 Å². The highest BCUT2D eigenvalue weighted by Crippen LogP contribution is 2.63. The second kappa shape index (κ2) is 3.62. The van der Waals surface area contributed by atoms with Gasteiger partial charge in [0.2, 0.25) is 12.3 Å². The minimum Gasteiger partial charge on any atom is -0.236 e. The van der Waals surface area contributed by atoms with Crippen LogP contribution < -0.4 is 0 Å². The molecule has 0 nitrogen and oxygen atoms in total. The van der Waals surface area contributed by atoms with Crippen LogP contribution in [0.2, 0.25) is 0 Å². The zero-order valence-corrected chi connectivity index (χ0v) is 8.19. The summed E-state index contributed by atoms with van der Waals surface area (Å²) >= 11 is 0. The van der Waals surface area contributed by atoms with Crippen LogP contribution in [-0.2, 0) is 0 Å². The summed E-state index contributed by atoms with van der Waals surface area (Å²) in [5, 5.41) is 0. The van der Waals surface area contributed by atoms with Crippen molar-refractivity contribution < 1.29 is 52.7 Å². The first-order chi connectivity index (χ1) is 8.06. The van der Waals surface area contributed by atoms with Crippen LogP contribution in [0.4, 0.5) is 52.7 Å². The maximum Gasteiger partial charge on any atom is 0.432 e. The van der Waals surface area contributed by atoms with E-state index in [0.29, 0.717) is 0 Å². The van der Waals surface area contributed by atoms with Crippen molar-refractivity contribution in [2.24, 2.45) is 0 Å². The van der Waals surface area contributed by atoms with Crippen LogP contribution in [0, 0.1) is 0 Å². The van der Waals surface area contributed by atoms with Crippen LogP contribution in [-0.4, -0.2) is 42.0 Å². The van der Waals surface area contributed by atoms with Crippen molar-refractivity contribution in [1.29, 1.82) is 0 Å². The molecule has 0 spiro atoms. The standard InChI is InChI=1S/C7H2F12/c8-1-3(10,11)2(9)5(13,14)6(15,16)4(1,12)7(17,18)19/h1-2H. The van der Waals surface area contributed by atoms with Gasteiger partial charge >= 0.3 is 29.6 Å². The molecule has 0 aromatic heterocycles. The van der Waals surface area contributed by atoms with Crippen molar-refractivity contribution in [1.82, 2.24) is 0 Å². The number of alkyl halides is 12. The molecule has 0 aliphatic heterocycles. The Hall–Kier alpha value is -0.840. The number of hydrogen-bond acceptors (Lipinski definition) is 0. The Morgan fingerprint density at radius 1 is 0.684 bits per heavy atom. The van der Waals surface area contributed by atoms with E-state index in [2.05, 4.69) is 0 Å². The third kappa shape index (κ3) is 1.57. The van der Waals surface area contributed by atoms with E-state index in [1.807, 2.05) is 0 Å². The molecule has 1 rings (SSSR count). The largest absolute Gasteiger partial charge is 0.432 e. The van der Waals surface area contributed by atoms with Crippen molar-refractivity contribution in [2.75, 3.05) is 0 Å². The van der Waals surface area contributed by atoms with E-state index < -0.39 is 42.0 Å². The second-order valence-electron chi connectivity index (χ2n) is 3.81. The first-order valence-electron chi connectivity index (χ1n) is 4.23. The van der Waals surface area contributed by atoms with E-state index in [1.54, 1.807) is 0 Å². The third-order valence-corrected chi connectivity index (χ3v) is 2.63. The van der Waals surface area contributed by atoms with Gasteiger partial charge < -0.3 is 0 Å². The summed E-state index contributed by atoms with van der Waals surface area (Å²) in [7, 11) is 0. The fourth-order valence-electron chi connectivity index (χ4n) is 1.52. The zero-order valence-electron chi connectivity index (χ0n) is 8.19. The van der Waals surface area contributed by atoms with Gasteiger partial charge in [-0.2, -0.15) is 39.5 Å². The molecule has 0 N–H and O–H groups in total. The van der Waals surface area contributed by atoms with Crippen molar-refractivity contribution in [3.05, 3.63) is 0 Å². The molecule has 1 aliphatic carbocycles. The summed E-state index contributed by atoms with van der Waals surface area (Å²) in [6.07, 6.45) is -17.9. The van der Waals surface area contributed by atoms with Crippen LogP contribution in [0.3, 0.4) is 0 Å². The van der Waals surface area contributed by atoms with Crippen LogP contribution in [0.25, 0.3) is 0 Å². The van der Waals surface area contributed by atoms with Gasteiger partial charge in [0.1, 0.15) is 0 Å². The Kier molecular flexibility index (Phi) is 3.09. The van der Waals surface area contributed by atoms with Gasteiger partial charge in [-0.1, -0.05) is 0 Å². The highest BCUT2D eigenvalue weighted by Gasteiger charge is 2.93. The number of halogens is 12. The fraction of sp³-hybridized carbons (Fsp3) is 1.00. The normalized spacial score (nSPS) is 41.1. The summed E-state index contributed by atoms with van der Waals surface area (Å²) in [4.78, 5) is 0. The minimum atomic E-state index is -7.11. The van der Waals surface area contributed by atoms with E-state index in [0.717, 1.165) is 0 Å². The first kappa shape index (κ1) is 16.2. The molecule has 3 atom stereocenters. The van der Waals surface area contributed by atoms with Crippen molar-refractivity contribution >= 4 is 0 Å². The lowest BCUT2D eigenvalue weighted by Crippen LogP contribution is -2.79. The van der Waals surface area contributed by atoms with E-state index in [4.69, 9.17) is 0 Å². The molecule has 0 heterocycles. The van der Waals surface area contributed by atoms with Gasteiger partial charge in [0.25, 0.3) is 0 Å². The molecule has 0 aromatic carbocycles. The lowest BCUT2D eigenvalue weighted by atomic mass is 9.74. The lowest BCUT2D eigenvalue weighted by Gasteiger charge is -2.48. The molecular weight excluding hydrogens is 312 g/mol. The Labute approximate surface area is 95.9 Å². The maximum absolute atomic E-state index is 13.0. The monoisotopic (exact) mass is 314 g/mol. The van der Waals surface area contributed by atoms with Gasteiger partial charge in [-0.3, -0.25) is 0 Å². The highest BCUT2D eigenvalue weighted by atomic mass is 19.4. The van der Waals surface area contributed by atoms with Gasteiger partial charge in [0.05, 0.1) is 0 Å². The Morgan fingerprint density at radius 3 is 1.37 bits per heavy atom. The van der Waals surface area contributed by atoms with Crippen molar-refractivity contribution in [2.45, 2.75) is 42.0 Å². The van der Waals surface area contributed by atoms with Crippen LogP contribution in [0.5, 0.6) is 0 Å². The molecule has 0 saturated heterocycles. The third-order valence-electron chi connectivity index (χ3n) is 2.63. The van der Waals surface area contributed by atoms with Gasteiger partial charge in [-0.05, 0) is 0 Å². The summed E-state index contributed by atoms with van der Waals surface area (Å²) in [5.74, 6) is -20.1. The summed E-state index contributed by atoms with van der Waals surface area (Å²) in [5.41, 5.74) is -6.92. The van der Waals surface area contributed by atoms with E-state index in [1.165, 1.54) is 0 Å². The lowest BCUT2D eigenvalue weighted by molar-refractivity contribution is -0.429. The van der Waals surface area contributed by atoms with E-state index >= 15 is 0 Å². The Balaban J connectivity index is 3.63. The SMILES string of the molecule is FC1C(F)(F)C(F)C(F)(C(F)(F)F)C(F)(F)C1(F)F. The van der Waals surface area contributed by atoms with Crippen molar-refractivity contribution in [3.63, 3.8) is 0 Å². The van der Waals surface area contributed by atoms with Gasteiger partial charge in [0.15, 0.2) is 0 Å². The molecule has 0 bridgehead atoms. The zero-order chi connectivity index (χ0) is 15.7. The molecule has 1 saturated carbocycles. The molecule has 1 fully saturated rings. The summed E-state index contributed by atoms with van der Waals surface area (Å²) in [6, 6.07) is 0. The molecule has 3 unspecified atom stereocenters. The van der Waals surface area contributed by atoms with E-state index in [-0.39, 0.29) is 0 Å². The molecule has 19 heavy (non-hydrogen) atoms. The Morgan fingerprint density at radius 2 is 1.05 bits per heavy atom. The maximum atomic E-state index is 13.0. The Bertz CT molecular complexity index is 369. The van der Waals surface area contributed by atoms with Crippen LogP contribution >= 0.6 is 0 Å². The summed E-state index contributed by atoms with van der Waals surface area (Å²) < 4.78 is 150. The first-order valence-corrected chi connectivity index (χ1v) is 4.23. The summed E-state index contributed by atoms with van der Waals surface area (Å²) in [6.45, 7) is 0. The van der Waals surface area contributed by atoms with Gasteiger partial charge in [-0.25, -0.2) is 13.2 Å². The smallest absolute Gasteiger partial charge is 0.236 e. The molecule has 0 radical (unpaired) electrons. The minimum absolute atomic E-state index is 5.31. The highest BCUT2D eigenvalue weighted by molar-refractivity contribution is 5.22. The topological polar surface area (TPSA) is 0 Å². The predicted octanol–water partition coefficient (Wildman–Crippen LogP) is 3.85. The predicted molar refractivity (Wildman–Crippen MR) is 34.5 cm³/mol. The number of hydrogen-bond donors (Lipinski definition) is 0. The van der Waals surface area contributed by atoms with Gasteiger partial charge in [-0.15, -0.1) is 0 Å². The molecule has 0 aromatic rings. The molecule has 1 aliphatic rings. The average molecular weight is 314 g/mol. The molecule has 114 valence electrons. The molecule has 12 heteroatoms. The average Bonchev–Trinajstić information content (AvgIpc) is 2.22. The van der Waals surface area contributed by atoms with Crippen LogP contribution in [0.1, 0.15) is 0 Å². The molecular formula is C7H2F12. The quantitative estimate of drug-likeness (QED) is 0.596. The fourth-order valence-corrected chi connectivity index (χ4v) is 1.52. The van der Waals surface area contributed by atoms with E-state index in [9.17, 15) is 52.7 Å². The number of rotatable bonds is 0. The van der Waals surface area contributed by atoms with Crippen LogP contribution in [0.15, 0.2) is 0 Å². The van der Waals surface area contributed by atoms with Crippen molar-refractivity contribution in [3.8, 4) is 0 Å². The second-order valence-corrected chi connectivity index (χ2v) is 3.81. The molecule has 0 amide bonds.